The molecule has 0 atom stereocenters. The topological polar surface area (TPSA) is 95.6 Å². The number of amides is 1. The predicted octanol–water partition coefficient (Wildman–Crippen LogP) is 4.33. The molecule has 0 spiro atoms. The number of hydrogen-bond acceptors (Lipinski definition) is 5. The van der Waals surface area contributed by atoms with Gasteiger partial charge in [-0.15, -0.1) is 0 Å². The van der Waals surface area contributed by atoms with Crippen molar-refractivity contribution in [1.29, 1.82) is 0 Å². The fraction of sp³-hybridized carbons (Fsp3) is 0.0476. The zero-order chi connectivity index (χ0) is 20.1. The summed E-state index contributed by atoms with van der Waals surface area (Å²) in [4.78, 5) is 21.0. The number of aromatic nitrogens is 4. The van der Waals surface area contributed by atoms with Gasteiger partial charge in [-0.2, -0.15) is 5.10 Å². The molecule has 4 aromatic rings. The molecule has 0 fully saturated rings. The number of anilines is 3. The van der Waals surface area contributed by atoms with Gasteiger partial charge in [0, 0.05) is 29.1 Å². The van der Waals surface area contributed by atoms with Gasteiger partial charge < -0.3 is 10.6 Å². The van der Waals surface area contributed by atoms with Crippen molar-refractivity contribution >= 4 is 23.2 Å². The van der Waals surface area contributed by atoms with E-state index in [-0.39, 0.29) is 5.91 Å². The number of alkyl halides is 1. The Bertz CT molecular complexity index is 1110. The van der Waals surface area contributed by atoms with Crippen molar-refractivity contribution in [2.75, 3.05) is 10.6 Å². The quantitative estimate of drug-likeness (QED) is 0.457. The first-order chi connectivity index (χ1) is 14.2. The first-order valence-electron chi connectivity index (χ1n) is 8.87. The third-order valence-electron chi connectivity index (χ3n) is 4.21. The Hall–Kier alpha value is -4.07. The molecule has 0 aliphatic carbocycles. The molecule has 7 nitrogen and oxygen atoms in total. The summed E-state index contributed by atoms with van der Waals surface area (Å²) in [6, 6.07) is 16.1. The number of halogens is 1. The number of rotatable bonds is 6. The van der Waals surface area contributed by atoms with Crippen LogP contribution in [0.4, 0.5) is 21.7 Å². The number of benzene rings is 1. The Morgan fingerprint density at radius 2 is 1.86 bits per heavy atom. The molecule has 0 radical (unpaired) electrons. The summed E-state index contributed by atoms with van der Waals surface area (Å²) in [5, 5.41) is 12.8. The van der Waals surface area contributed by atoms with E-state index in [4.69, 9.17) is 0 Å². The van der Waals surface area contributed by atoms with Gasteiger partial charge in [0.25, 0.3) is 5.91 Å². The van der Waals surface area contributed by atoms with Gasteiger partial charge >= 0.3 is 0 Å². The molecule has 0 unspecified atom stereocenters. The fourth-order valence-electron chi connectivity index (χ4n) is 2.75. The largest absolute Gasteiger partial charge is 0.325 e. The average molecular weight is 388 g/mol. The first kappa shape index (κ1) is 18.3. The Kier molecular flexibility index (Phi) is 5.24. The number of aromatic amines is 1. The zero-order valence-electron chi connectivity index (χ0n) is 15.3. The molecule has 0 aliphatic rings. The first-order valence-corrected chi connectivity index (χ1v) is 8.87. The average Bonchev–Trinajstić information content (AvgIpc) is 3.23. The standard InChI is InChI=1S/C21H17FN6O/c22-11-14-6-7-18(24-12-14)27-19-10-16(8-9-23-19)21(29)26-17-13-25-28-20(17)15-4-2-1-3-5-15/h1-10,12-13H,11H2,(H,25,28)(H,26,29)(H,23,24,27). The Labute approximate surface area is 166 Å². The van der Waals surface area contributed by atoms with Crippen LogP contribution < -0.4 is 10.6 Å². The molecule has 29 heavy (non-hydrogen) atoms. The Balaban J connectivity index is 1.50. The van der Waals surface area contributed by atoms with Crippen LogP contribution in [0.15, 0.2) is 73.2 Å². The van der Waals surface area contributed by atoms with Crippen LogP contribution in [0, 0.1) is 0 Å². The fourth-order valence-corrected chi connectivity index (χ4v) is 2.75. The van der Waals surface area contributed by atoms with Crippen LogP contribution in [0.25, 0.3) is 11.3 Å². The third-order valence-corrected chi connectivity index (χ3v) is 4.21. The monoisotopic (exact) mass is 388 g/mol. The Morgan fingerprint density at radius 1 is 1.00 bits per heavy atom. The minimum atomic E-state index is -0.569. The zero-order valence-corrected chi connectivity index (χ0v) is 15.3. The van der Waals surface area contributed by atoms with E-state index in [0.717, 1.165) is 11.3 Å². The number of hydrogen-bond donors (Lipinski definition) is 3. The van der Waals surface area contributed by atoms with Gasteiger partial charge in [-0.25, -0.2) is 14.4 Å². The number of carbonyl (C=O) groups excluding carboxylic acids is 1. The molecular weight excluding hydrogens is 371 g/mol. The molecular formula is C21H17FN6O. The lowest BCUT2D eigenvalue weighted by atomic mass is 10.1. The molecule has 0 bridgehead atoms. The van der Waals surface area contributed by atoms with Crippen LogP contribution in [-0.4, -0.2) is 26.1 Å². The predicted molar refractivity (Wildman–Crippen MR) is 109 cm³/mol. The summed E-state index contributed by atoms with van der Waals surface area (Å²) in [6.07, 6.45) is 4.54. The molecule has 0 saturated carbocycles. The molecule has 1 amide bonds. The molecule has 0 saturated heterocycles. The van der Waals surface area contributed by atoms with Gasteiger partial charge in [0.2, 0.25) is 0 Å². The van der Waals surface area contributed by atoms with Gasteiger partial charge in [0.1, 0.15) is 18.3 Å². The van der Waals surface area contributed by atoms with Crippen molar-refractivity contribution in [3.8, 4) is 11.3 Å². The molecule has 0 aliphatic heterocycles. The summed E-state index contributed by atoms with van der Waals surface area (Å²) in [5.74, 6) is 0.664. The number of pyridine rings is 2. The normalized spacial score (nSPS) is 10.5. The molecule has 3 N–H and O–H groups in total. The van der Waals surface area contributed by atoms with Gasteiger partial charge in [0.15, 0.2) is 0 Å². The van der Waals surface area contributed by atoms with Crippen molar-refractivity contribution in [1.82, 2.24) is 20.2 Å². The van der Waals surface area contributed by atoms with Crippen molar-refractivity contribution in [3.63, 3.8) is 0 Å². The van der Waals surface area contributed by atoms with Crippen molar-refractivity contribution in [2.45, 2.75) is 6.67 Å². The second-order valence-electron chi connectivity index (χ2n) is 6.22. The minimum absolute atomic E-state index is 0.297. The van der Waals surface area contributed by atoms with Crippen LogP contribution >= 0.6 is 0 Å². The smallest absolute Gasteiger partial charge is 0.255 e. The van der Waals surface area contributed by atoms with E-state index in [2.05, 4.69) is 30.8 Å². The molecule has 3 heterocycles. The van der Waals surface area contributed by atoms with Crippen LogP contribution in [0.5, 0.6) is 0 Å². The summed E-state index contributed by atoms with van der Waals surface area (Å²) >= 11 is 0. The minimum Gasteiger partial charge on any atom is -0.325 e. The highest BCUT2D eigenvalue weighted by Crippen LogP contribution is 2.25. The number of nitrogens with zero attached hydrogens (tertiary/aromatic N) is 3. The second-order valence-corrected chi connectivity index (χ2v) is 6.22. The van der Waals surface area contributed by atoms with E-state index >= 15 is 0 Å². The van der Waals surface area contributed by atoms with Crippen LogP contribution in [-0.2, 0) is 6.67 Å². The van der Waals surface area contributed by atoms with Crippen molar-refractivity contribution in [3.05, 3.63) is 84.3 Å². The summed E-state index contributed by atoms with van der Waals surface area (Å²) in [7, 11) is 0. The van der Waals surface area contributed by atoms with E-state index in [1.165, 1.54) is 12.4 Å². The van der Waals surface area contributed by atoms with E-state index < -0.39 is 6.67 Å². The van der Waals surface area contributed by atoms with Gasteiger partial charge in [0.05, 0.1) is 17.6 Å². The lowest BCUT2D eigenvalue weighted by molar-refractivity contribution is 0.102. The maximum atomic E-state index is 12.7. The van der Waals surface area contributed by atoms with Crippen LogP contribution in [0.1, 0.15) is 15.9 Å². The van der Waals surface area contributed by atoms with E-state index in [1.54, 1.807) is 30.5 Å². The van der Waals surface area contributed by atoms with Gasteiger partial charge in [-0.3, -0.25) is 9.89 Å². The molecule has 3 aromatic heterocycles. The van der Waals surface area contributed by atoms with E-state index in [9.17, 15) is 9.18 Å². The number of H-pyrrole nitrogens is 1. The maximum absolute atomic E-state index is 12.7. The molecule has 4 rings (SSSR count). The van der Waals surface area contributed by atoms with Gasteiger partial charge in [-0.1, -0.05) is 36.4 Å². The summed E-state index contributed by atoms with van der Waals surface area (Å²) < 4.78 is 12.6. The third kappa shape index (κ3) is 4.27. The van der Waals surface area contributed by atoms with Crippen molar-refractivity contribution in [2.24, 2.45) is 0 Å². The lowest BCUT2D eigenvalue weighted by Gasteiger charge is -2.08. The Morgan fingerprint density at radius 3 is 2.62 bits per heavy atom. The summed E-state index contributed by atoms with van der Waals surface area (Å²) in [6.45, 7) is -0.569. The van der Waals surface area contributed by atoms with E-state index in [1.807, 2.05) is 30.3 Å². The highest BCUT2D eigenvalue weighted by Gasteiger charge is 2.13. The summed E-state index contributed by atoms with van der Waals surface area (Å²) in [5.41, 5.74) is 3.13. The molecule has 1 aromatic carbocycles. The highest BCUT2D eigenvalue weighted by molar-refractivity contribution is 6.06. The number of nitrogens with one attached hydrogen (secondary N) is 3. The maximum Gasteiger partial charge on any atom is 0.255 e. The van der Waals surface area contributed by atoms with E-state index in [0.29, 0.717) is 28.5 Å². The van der Waals surface area contributed by atoms with Crippen molar-refractivity contribution < 1.29 is 9.18 Å². The van der Waals surface area contributed by atoms with Crippen LogP contribution in [0.3, 0.4) is 0 Å². The SMILES string of the molecule is O=C(Nc1cn[nH]c1-c1ccccc1)c1ccnc(Nc2ccc(CF)cn2)c1. The van der Waals surface area contributed by atoms with Crippen LogP contribution in [0.2, 0.25) is 0 Å². The lowest BCUT2D eigenvalue weighted by Crippen LogP contribution is -2.12. The number of carbonyl (C=O) groups is 1. The molecule has 8 heteroatoms. The molecule has 144 valence electrons. The second kappa shape index (κ2) is 8.30. The highest BCUT2D eigenvalue weighted by atomic mass is 19.1. The van der Waals surface area contributed by atoms with Gasteiger partial charge in [-0.05, 0) is 18.2 Å².